The Morgan fingerprint density at radius 3 is 2.82 bits per heavy atom. The van der Waals surface area contributed by atoms with Crippen molar-refractivity contribution < 1.29 is 14.7 Å². The molecule has 0 aromatic heterocycles. The van der Waals surface area contributed by atoms with Crippen molar-refractivity contribution >= 4 is 23.6 Å². The minimum absolute atomic E-state index is 0.227. The van der Waals surface area contributed by atoms with Gasteiger partial charge in [0, 0.05) is 11.6 Å². The first-order chi connectivity index (χ1) is 8.15. The summed E-state index contributed by atoms with van der Waals surface area (Å²) in [4.78, 5) is 22.7. The van der Waals surface area contributed by atoms with Gasteiger partial charge in [-0.3, -0.25) is 10.1 Å². The average Bonchev–Trinajstić information content (AvgIpc) is 2.81. The van der Waals surface area contributed by atoms with Gasteiger partial charge >= 0.3 is 5.97 Å². The zero-order valence-corrected chi connectivity index (χ0v) is 10.5. The summed E-state index contributed by atoms with van der Waals surface area (Å²) in [5, 5.41) is 14.6. The number of aliphatic carboxylic acids is 1. The monoisotopic (exact) mass is 261 g/mol. The molecule has 0 aliphatic carbocycles. The van der Waals surface area contributed by atoms with Gasteiger partial charge in [-0.15, -0.1) is 11.8 Å². The average molecular weight is 261 g/mol. The summed E-state index contributed by atoms with van der Waals surface area (Å²) < 4.78 is 0. The quantitative estimate of drug-likeness (QED) is 0.454. The van der Waals surface area contributed by atoms with Crippen molar-refractivity contribution in [3.05, 3.63) is 0 Å². The molecule has 0 aromatic carbocycles. The van der Waals surface area contributed by atoms with Gasteiger partial charge in [-0.05, 0) is 25.8 Å². The van der Waals surface area contributed by atoms with Crippen LogP contribution in [0.15, 0.2) is 0 Å². The molecule has 0 radical (unpaired) electrons. The van der Waals surface area contributed by atoms with Gasteiger partial charge in [0.2, 0.25) is 5.91 Å². The molecule has 0 spiro atoms. The number of rotatable bonds is 7. The number of nitrogens with one attached hydrogen (secondary N) is 2. The summed E-state index contributed by atoms with van der Waals surface area (Å²) in [6, 6.07) is -1.07. The molecule has 1 amide bonds. The van der Waals surface area contributed by atoms with Crippen LogP contribution < -0.4 is 16.4 Å². The standard InChI is InChI=1S/C10H19N3O3S/c11-4-2-1-3-7(10(15)16)13-9(14)8-5-17-6-12-8/h7-8,12H,1-6,11H2,(H,13,14)(H,15,16)/t7-,8+/m0/s1. The highest BCUT2D eigenvalue weighted by Gasteiger charge is 2.26. The number of amides is 1. The fraction of sp³-hybridized carbons (Fsp3) is 0.800. The molecular formula is C10H19N3O3S. The SMILES string of the molecule is NCCCC[C@H](NC(=O)[C@H]1CSCN1)C(=O)O. The van der Waals surface area contributed by atoms with E-state index >= 15 is 0 Å². The Labute approximate surface area is 105 Å². The van der Waals surface area contributed by atoms with Gasteiger partial charge in [-0.2, -0.15) is 0 Å². The lowest BCUT2D eigenvalue weighted by molar-refractivity contribution is -0.142. The third-order valence-electron chi connectivity index (χ3n) is 2.59. The maximum Gasteiger partial charge on any atom is 0.326 e. The van der Waals surface area contributed by atoms with Gasteiger partial charge in [0.25, 0.3) is 0 Å². The Balaban J connectivity index is 2.36. The number of carboxylic acids is 1. The lowest BCUT2D eigenvalue weighted by atomic mass is 10.1. The van der Waals surface area contributed by atoms with Crippen molar-refractivity contribution in [1.82, 2.24) is 10.6 Å². The smallest absolute Gasteiger partial charge is 0.326 e. The summed E-state index contributed by atoms with van der Waals surface area (Å²) in [5.41, 5.74) is 5.34. The molecule has 2 atom stereocenters. The second-order valence-corrected chi connectivity index (χ2v) is 4.99. The predicted molar refractivity (Wildman–Crippen MR) is 66.7 cm³/mol. The van der Waals surface area contributed by atoms with Crippen LogP contribution in [-0.2, 0) is 9.59 Å². The zero-order chi connectivity index (χ0) is 12.7. The lowest BCUT2D eigenvalue weighted by Crippen LogP contribution is -2.49. The number of hydrogen-bond acceptors (Lipinski definition) is 5. The van der Waals surface area contributed by atoms with Gasteiger partial charge in [0.1, 0.15) is 6.04 Å². The Kier molecular flexibility index (Phi) is 6.31. The van der Waals surface area contributed by atoms with Gasteiger partial charge < -0.3 is 16.2 Å². The van der Waals surface area contributed by atoms with E-state index in [9.17, 15) is 9.59 Å². The number of carboxylic acid groups (broad SMARTS) is 1. The van der Waals surface area contributed by atoms with E-state index in [2.05, 4.69) is 10.6 Å². The van der Waals surface area contributed by atoms with Crippen molar-refractivity contribution in [1.29, 1.82) is 0 Å². The van der Waals surface area contributed by atoms with Gasteiger partial charge in [-0.25, -0.2) is 4.79 Å². The Hall–Kier alpha value is -0.790. The van der Waals surface area contributed by atoms with Crippen LogP contribution in [0.4, 0.5) is 0 Å². The van der Waals surface area contributed by atoms with Gasteiger partial charge in [0.05, 0.1) is 6.04 Å². The van der Waals surface area contributed by atoms with Gasteiger partial charge in [0.15, 0.2) is 0 Å². The maximum atomic E-state index is 11.7. The number of thioether (sulfide) groups is 1. The molecule has 98 valence electrons. The van der Waals surface area contributed by atoms with E-state index in [1.165, 1.54) is 0 Å². The molecule has 1 aliphatic rings. The highest BCUT2D eigenvalue weighted by molar-refractivity contribution is 7.99. The summed E-state index contributed by atoms with van der Waals surface area (Å²) in [6.07, 6.45) is 1.91. The molecule has 0 aromatic rings. The fourth-order valence-electron chi connectivity index (χ4n) is 1.59. The molecule has 1 heterocycles. The van der Waals surface area contributed by atoms with E-state index in [-0.39, 0.29) is 11.9 Å². The van der Waals surface area contributed by atoms with Crippen molar-refractivity contribution in [2.45, 2.75) is 31.3 Å². The van der Waals surface area contributed by atoms with E-state index < -0.39 is 12.0 Å². The van der Waals surface area contributed by atoms with E-state index in [0.717, 1.165) is 12.3 Å². The molecule has 7 heteroatoms. The molecule has 0 saturated carbocycles. The first-order valence-electron chi connectivity index (χ1n) is 5.69. The Bertz CT molecular complexity index is 270. The van der Waals surface area contributed by atoms with Crippen LogP contribution >= 0.6 is 11.8 Å². The first-order valence-corrected chi connectivity index (χ1v) is 6.85. The molecule has 1 saturated heterocycles. The van der Waals surface area contributed by atoms with Crippen LogP contribution in [0.5, 0.6) is 0 Å². The normalized spacial score (nSPS) is 21.1. The van der Waals surface area contributed by atoms with Crippen molar-refractivity contribution in [2.24, 2.45) is 5.73 Å². The van der Waals surface area contributed by atoms with Crippen LogP contribution in [0.3, 0.4) is 0 Å². The molecular weight excluding hydrogens is 242 g/mol. The summed E-state index contributed by atoms with van der Waals surface area (Å²) in [5.74, 6) is 0.223. The predicted octanol–water partition coefficient (Wildman–Crippen LogP) is -0.653. The first kappa shape index (κ1) is 14.3. The molecule has 1 aliphatic heterocycles. The number of nitrogens with two attached hydrogens (primary N) is 1. The van der Waals surface area contributed by atoms with Gasteiger partial charge in [-0.1, -0.05) is 0 Å². The molecule has 17 heavy (non-hydrogen) atoms. The molecule has 0 bridgehead atoms. The van der Waals surface area contributed by atoms with Crippen molar-refractivity contribution in [2.75, 3.05) is 18.2 Å². The Morgan fingerprint density at radius 1 is 1.53 bits per heavy atom. The van der Waals surface area contributed by atoms with Crippen LogP contribution in [0.2, 0.25) is 0 Å². The molecule has 1 rings (SSSR count). The van der Waals surface area contributed by atoms with Crippen molar-refractivity contribution in [3.8, 4) is 0 Å². The maximum absolute atomic E-state index is 11.7. The van der Waals surface area contributed by atoms with Crippen LogP contribution in [-0.4, -0.2) is 47.2 Å². The molecule has 5 N–H and O–H groups in total. The summed E-state index contributed by atoms with van der Waals surface area (Å²) >= 11 is 1.63. The Morgan fingerprint density at radius 2 is 2.29 bits per heavy atom. The van der Waals surface area contributed by atoms with Crippen LogP contribution in [0, 0.1) is 0 Å². The van der Waals surface area contributed by atoms with E-state index in [1.807, 2.05) is 0 Å². The molecule has 0 unspecified atom stereocenters. The second-order valence-electron chi connectivity index (χ2n) is 3.96. The fourth-order valence-corrected chi connectivity index (χ4v) is 2.53. The number of unbranched alkanes of at least 4 members (excludes halogenated alkanes) is 1. The number of carbonyl (C=O) groups excluding carboxylic acids is 1. The van der Waals surface area contributed by atoms with Crippen LogP contribution in [0.1, 0.15) is 19.3 Å². The minimum atomic E-state index is -0.985. The number of carbonyl (C=O) groups is 2. The largest absolute Gasteiger partial charge is 0.480 e. The zero-order valence-electron chi connectivity index (χ0n) is 9.65. The van der Waals surface area contributed by atoms with E-state index in [1.54, 1.807) is 11.8 Å². The third-order valence-corrected chi connectivity index (χ3v) is 3.53. The number of hydrogen-bond donors (Lipinski definition) is 4. The third kappa shape index (κ3) is 4.93. The molecule has 6 nitrogen and oxygen atoms in total. The topological polar surface area (TPSA) is 104 Å². The van der Waals surface area contributed by atoms with Crippen molar-refractivity contribution in [3.63, 3.8) is 0 Å². The van der Waals surface area contributed by atoms with Crippen LogP contribution in [0.25, 0.3) is 0 Å². The van der Waals surface area contributed by atoms with E-state index in [0.29, 0.717) is 25.1 Å². The molecule has 1 fully saturated rings. The minimum Gasteiger partial charge on any atom is -0.480 e. The summed E-state index contributed by atoms with van der Waals surface area (Å²) in [6.45, 7) is 0.543. The summed E-state index contributed by atoms with van der Waals surface area (Å²) in [7, 11) is 0. The van der Waals surface area contributed by atoms with E-state index in [4.69, 9.17) is 10.8 Å². The highest BCUT2D eigenvalue weighted by Crippen LogP contribution is 2.10. The highest BCUT2D eigenvalue weighted by atomic mass is 32.2. The second kappa shape index (κ2) is 7.52. The lowest BCUT2D eigenvalue weighted by Gasteiger charge is -2.17.